The minimum atomic E-state index is -0.179. The number of halogens is 1. The first-order valence-corrected chi connectivity index (χ1v) is 7.96. The molecule has 0 N–H and O–H groups in total. The predicted molar refractivity (Wildman–Crippen MR) is 87.0 cm³/mol. The summed E-state index contributed by atoms with van der Waals surface area (Å²) >= 11 is 6.21. The number of aromatic nitrogens is 3. The molecule has 0 unspecified atom stereocenters. The fraction of sp³-hybridized carbons (Fsp3) is 0.438. The number of rotatable bonds is 2. The van der Waals surface area contributed by atoms with Crippen molar-refractivity contribution in [1.29, 1.82) is 0 Å². The number of hydrogen-bond acceptors (Lipinski definition) is 4. The van der Waals surface area contributed by atoms with Crippen LogP contribution in [0.1, 0.15) is 30.3 Å². The first-order chi connectivity index (χ1) is 11.0. The highest BCUT2D eigenvalue weighted by atomic mass is 35.5. The Balaban J connectivity index is 1.91. The van der Waals surface area contributed by atoms with Crippen molar-refractivity contribution < 1.29 is 9.53 Å². The molecular weight excluding hydrogens is 316 g/mol. The van der Waals surface area contributed by atoms with Gasteiger partial charge in [0.25, 0.3) is 5.91 Å². The van der Waals surface area contributed by atoms with Crippen LogP contribution in [0.4, 0.5) is 0 Å². The Labute approximate surface area is 140 Å². The van der Waals surface area contributed by atoms with Gasteiger partial charge in [0.1, 0.15) is 5.82 Å². The fourth-order valence-corrected chi connectivity index (χ4v) is 2.86. The molecule has 0 saturated carbocycles. The number of carbonyl (C=O) groups excluding carboxylic acids is 1. The van der Waals surface area contributed by atoms with Crippen LogP contribution in [0.25, 0.3) is 5.69 Å². The van der Waals surface area contributed by atoms with E-state index in [1.165, 1.54) is 0 Å². The molecule has 1 aromatic heterocycles. The van der Waals surface area contributed by atoms with E-state index in [4.69, 9.17) is 16.3 Å². The maximum absolute atomic E-state index is 12.7. The van der Waals surface area contributed by atoms with Crippen LogP contribution in [0.2, 0.25) is 5.02 Å². The molecular formula is C16H19ClN4O2. The van der Waals surface area contributed by atoms with Crippen LogP contribution in [0.5, 0.6) is 0 Å². The van der Waals surface area contributed by atoms with Gasteiger partial charge in [0.15, 0.2) is 0 Å². The summed E-state index contributed by atoms with van der Waals surface area (Å²) in [4.78, 5) is 18.8. The highest BCUT2D eigenvalue weighted by molar-refractivity contribution is 6.32. The van der Waals surface area contributed by atoms with E-state index < -0.39 is 0 Å². The van der Waals surface area contributed by atoms with Gasteiger partial charge in [0, 0.05) is 6.54 Å². The Hall–Kier alpha value is -1.92. The zero-order chi connectivity index (χ0) is 16.6. The number of carbonyl (C=O) groups is 1. The summed E-state index contributed by atoms with van der Waals surface area (Å²) in [5.41, 5.74) is 0.710. The second-order valence-electron chi connectivity index (χ2n) is 5.80. The molecule has 6 nitrogen and oxygen atoms in total. The van der Waals surface area contributed by atoms with Gasteiger partial charge in [0.2, 0.25) is 5.82 Å². The van der Waals surface area contributed by atoms with Crippen molar-refractivity contribution in [2.75, 3.05) is 13.2 Å². The Bertz CT molecular complexity index is 731. The molecule has 0 aliphatic carbocycles. The quantitative estimate of drug-likeness (QED) is 0.846. The average Bonchev–Trinajstić information content (AvgIpc) is 2.91. The molecule has 3 rings (SSSR count). The summed E-state index contributed by atoms with van der Waals surface area (Å²) in [5.74, 6) is 0.625. The highest BCUT2D eigenvalue weighted by Crippen LogP contribution is 2.21. The van der Waals surface area contributed by atoms with Crippen LogP contribution in [0.15, 0.2) is 24.3 Å². The number of nitrogens with zero attached hydrogens (tertiary/aromatic N) is 4. The van der Waals surface area contributed by atoms with Crippen molar-refractivity contribution in [3.8, 4) is 5.69 Å². The normalized spacial score (nSPS) is 21.5. The molecule has 2 aromatic rings. The van der Waals surface area contributed by atoms with Crippen LogP contribution in [0, 0.1) is 6.92 Å². The van der Waals surface area contributed by atoms with Gasteiger partial charge in [-0.25, -0.2) is 9.67 Å². The van der Waals surface area contributed by atoms with Gasteiger partial charge in [-0.1, -0.05) is 23.7 Å². The Morgan fingerprint density at radius 2 is 2.09 bits per heavy atom. The van der Waals surface area contributed by atoms with Gasteiger partial charge in [-0.2, -0.15) is 0 Å². The van der Waals surface area contributed by atoms with Crippen LogP contribution in [-0.4, -0.2) is 50.9 Å². The molecule has 1 aliphatic heterocycles. The van der Waals surface area contributed by atoms with E-state index in [1.807, 2.05) is 32.0 Å². The van der Waals surface area contributed by atoms with Gasteiger partial charge in [-0.3, -0.25) is 4.79 Å². The summed E-state index contributed by atoms with van der Waals surface area (Å²) in [7, 11) is 0. The number of benzene rings is 1. The van der Waals surface area contributed by atoms with Gasteiger partial charge in [0.05, 0.1) is 29.5 Å². The number of morpholine rings is 1. The lowest BCUT2D eigenvalue weighted by atomic mass is 10.2. The molecule has 1 fully saturated rings. The summed E-state index contributed by atoms with van der Waals surface area (Å²) in [6.07, 6.45) is 0.0156. The molecule has 0 radical (unpaired) electrons. The number of aryl methyl sites for hydroxylation is 1. The van der Waals surface area contributed by atoms with Gasteiger partial charge in [-0.05, 0) is 32.9 Å². The highest BCUT2D eigenvalue weighted by Gasteiger charge is 2.30. The molecule has 122 valence electrons. The second-order valence-corrected chi connectivity index (χ2v) is 6.20. The van der Waals surface area contributed by atoms with Crippen LogP contribution >= 0.6 is 11.6 Å². The standard InChI is InChI=1S/C16H19ClN4O2/c1-10-9-23-11(2)8-20(10)16(22)15-18-12(3)21(19-15)14-7-5-4-6-13(14)17/h4-7,10-11H,8-9H2,1-3H3/t10-,11-/m0/s1. The number of hydrogen-bond donors (Lipinski definition) is 0. The lowest BCUT2D eigenvalue weighted by molar-refractivity contribution is -0.0391. The molecule has 23 heavy (non-hydrogen) atoms. The first kappa shape index (κ1) is 16.0. The SMILES string of the molecule is Cc1nc(C(=O)N2C[C@H](C)OC[C@@H]2C)nn1-c1ccccc1Cl. The zero-order valence-electron chi connectivity index (χ0n) is 13.4. The first-order valence-electron chi connectivity index (χ1n) is 7.58. The Morgan fingerprint density at radius 1 is 1.35 bits per heavy atom. The fourth-order valence-electron chi connectivity index (χ4n) is 2.65. The van der Waals surface area contributed by atoms with Crippen molar-refractivity contribution in [2.24, 2.45) is 0 Å². The lowest BCUT2D eigenvalue weighted by Crippen LogP contribution is -2.50. The molecule has 7 heteroatoms. The number of ether oxygens (including phenoxy) is 1. The maximum Gasteiger partial charge on any atom is 0.293 e. The maximum atomic E-state index is 12.7. The third-order valence-corrected chi connectivity index (χ3v) is 4.23. The molecule has 1 aromatic carbocycles. The lowest BCUT2D eigenvalue weighted by Gasteiger charge is -2.36. The smallest absolute Gasteiger partial charge is 0.293 e. The van der Waals surface area contributed by atoms with Crippen molar-refractivity contribution >= 4 is 17.5 Å². The molecule has 2 heterocycles. The van der Waals surface area contributed by atoms with Gasteiger partial charge in [-0.15, -0.1) is 5.10 Å². The molecule has 0 bridgehead atoms. The van der Waals surface area contributed by atoms with Crippen LogP contribution < -0.4 is 0 Å². The van der Waals surface area contributed by atoms with E-state index in [0.29, 0.717) is 29.7 Å². The summed E-state index contributed by atoms with van der Waals surface area (Å²) in [6, 6.07) is 7.35. The van der Waals surface area contributed by atoms with Crippen LogP contribution in [0.3, 0.4) is 0 Å². The summed E-state index contributed by atoms with van der Waals surface area (Å²) in [5, 5.41) is 4.93. The van der Waals surface area contributed by atoms with Gasteiger partial charge >= 0.3 is 0 Å². The second kappa shape index (κ2) is 6.29. The summed E-state index contributed by atoms with van der Waals surface area (Å²) in [6.45, 7) is 6.78. The molecule has 0 spiro atoms. The van der Waals surface area contributed by atoms with E-state index >= 15 is 0 Å². The monoisotopic (exact) mass is 334 g/mol. The zero-order valence-corrected chi connectivity index (χ0v) is 14.1. The summed E-state index contributed by atoms with van der Waals surface area (Å²) < 4.78 is 7.16. The van der Waals surface area contributed by atoms with Gasteiger partial charge < -0.3 is 9.64 Å². The van der Waals surface area contributed by atoms with E-state index in [1.54, 1.807) is 22.6 Å². The predicted octanol–water partition coefficient (Wildman–Crippen LogP) is 2.48. The Kier molecular flexibility index (Phi) is 4.37. The van der Waals surface area contributed by atoms with Crippen molar-refractivity contribution in [3.63, 3.8) is 0 Å². The number of amides is 1. The number of para-hydroxylation sites is 1. The van der Waals surface area contributed by atoms with E-state index in [0.717, 1.165) is 0 Å². The van der Waals surface area contributed by atoms with E-state index in [9.17, 15) is 4.79 Å². The average molecular weight is 335 g/mol. The largest absolute Gasteiger partial charge is 0.375 e. The minimum absolute atomic E-state index is 0.00580. The minimum Gasteiger partial charge on any atom is -0.375 e. The van der Waals surface area contributed by atoms with Crippen LogP contribution in [-0.2, 0) is 4.74 Å². The molecule has 1 amide bonds. The van der Waals surface area contributed by atoms with E-state index in [-0.39, 0.29) is 23.9 Å². The molecule has 2 atom stereocenters. The third kappa shape index (κ3) is 3.09. The topological polar surface area (TPSA) is 60.3 Å². The van der Waals surface area contributed by atoms with Crippen molar-refractivity contribution in [3.05, 3.63) is 40.9 Å². The van der Waals surface area contributed by atoms with E-state index in [2.05, 4.69) is 10.1 Å². The molecule has 1 saturated heterocycles. The van der Waals surface area contributed by atoms with Crippen molar-refractivity contribution in [2.45, 2.75) is 32.9 Å². The Morgan fingerprint density at radius 3 is 2.83 bits per heavy atom. The molecule has 1 aliphatic rings. The third-order valence-electron chi connectivity index (χ3n) is 3.91. The van der Waals surface area contributed by atoms with Crippen molar-refractivity contribution in [1.82, 2.24) is 19.7 Å².